The molecule has 0 heterocycles. The van der Waals surface area contributed by atoms with Crippen molar-refractivity contribution in [1.82, 2.24) is 5.32 Å². The lowest BCUT2D eigenvalue weighted by Crippen LogP contribution is -2.55. The molecule has 1 amide bonds. The summed E-state index contributed by atoms with van der Waals surface area (Å²) in [5.41, 5.74) is 5.12. The molecule has 4 atom stereocenters. The molecule has 0 unspecified atom stereocenters. The van der Waals surface area contributed by atoms with E-state index in [1.165, 1.54) is 14.0 Å². The highest BCUT2D eigenvalue weighted by Gasteiger charge is 2.39. The van der Waals surface area contributed by atoms with Crippen molar-refractivity contribution in [2.24, 2.45) is 23.5 Å². The van der Waals surface area contributed by atoms with Gasteiger partial charge in [0.05, 0.1) is 38.4 Å². The van der Waals surface area contributed by atoms with Gasteiger partial charge in [0.15, 0.2) is 11.5 Å². The normalized spacial score (nSPS) is 15.1. The minimum absolute atomic E-state index is 0.0203. The minimum Gasteiger partial charge on any atom is -0.493 e. The number of amides is 1. The van der Waals surface area contributed by atoms with E-state index in [0.29, 0.717) is 44.0 Å². The van der Waals surface area contributed by atoms with E-state index < -0.39 is 35.0 Å². The van der Waals surface area contributed by atoms with Crippen LogP contribution in [0.25, 0.3) is 0 Å². The number of benzene rings is 1. The highest BCUT2D eigenvalue weighted by molar-refractivity contribution is 5.85. The molecule has 0 aromatic heterocycles. The Hall–Kier alpha value is -2.89. The lowest BCUT2D eigenvalue weighted by Gasteiger charge is -2.33. The fourth-order valence-electron chi connectivity index (χ4n) is 4.76. The molecule has 0 saturated heterocycles. The fourth-order valence-corrected chi connectivity index (χ4v) is 4.76. The van der Waals surface area contributed by atoms with Crippen LogP contribution in [0.15, 0.2) is 18.2 Å². The first-order valence-corrected chi connectivity index (χ1v) is 15.4. The largest absolute Gasteiger partial charge is 0.493 e. The Morgan fingerprint density at radius 2 is 1.68 bits per heavy atom. The van der Waals surface area contributed by atoms with E-state index in [-0.39, 0.29) is 37.2 Å². The fraction of sp³-hybridized carbons (Fsp3) is 0.727. The zero-order valence-electron chi connectivity index (χ0n) is 28.2. The molecule has 0 aliphatic heterocycles. The number of hydrogen-bond acceptors (Lipinski definition) is 10. The quantitative estimate of drug-likeness (QED) is 0.144. The van der Waals surface area contributed by atoms with Crippen LogP contribution in [0.4, 0.5) is 0 Å². The molecule has 0 aliphatic rings. The van der Waals surface area contributed by atoms with Crippen LogP contribution in [0.1, 0.15) is 79.2 Å². The van der Waals surface area contributed by atoms with Crippen LogP contribution in [0.5, 0.6) is 11.5 Å². The van der Waals surface area contributed by atoms with Crippen molar-refractivity contribution in [2.45, 2.75) is 97.3 Å². The van der Waals surface area contributed by atoms with Crippen LogP contribution in [0.2, 0.25) is 0 Å². The summed E-state index contributed by atoms with van der Waals surface area (Å²) in [5, 5.41) is 14.1. The van der Waals surface area contributed by atoms with Gasteiger partial charge in [-0.25, -0.2) is 0 Å². The van der Waals surface area contributed by atoms with E-state index in [1.54, 1.807) is 35.0 Å². The summed E-state index contributed by atoms with van der Waals surface area (Å²) in [7, 11) is 4.54. The van der Waals surface area contributed by atoms with Crippen LogP contribution < -0.4 is 20.5 Å². The third-order valence-electron chi connectivity index (χ3n) is 7.37. The first kappa shape index (κ1) is 39.1. The molecule has 0 bridgehead atoms. The number of ether oxygens (including phenoxy) is 5. The third-order valence-corrected chi connectivity index (χ3v) is 7.37. The number of esters is 2. The molecular weight excluding hydrogens is 568 g/mol. The summed E-state index contributed by atoms with van der Waals surface area (Å²) < 4.78 is 26.9. The topological polar surface area (TPSA) is 156 Å². The van der Waals surface area contributed by atoms with Gasteiger partial charge in [0.1, 0.15) is 5.60 Å². The van der Waals surface area contributed by atoms with Crippen molar-refractivity contribution in [2.75, 3.05) is 41.1 Å². The molecule has 44 heavy (non-hydrogen) atoms. The molecular formula is C33H56N2O9. The van der Waals surface area contributed by atoms with Crippen molar-refractivity contribution in [3.8, 4) is 11.5 Å². The maximum absolute atomic E-state index is 13.5. The number of rotatable bonds is 20. The predicted molar refractivity (Wildman–Crippen MR) is 168 cm³/mol. The maximum Gasteiger partial charge on any atom is 0.312 e. The third kappa shape index (κ3) is 14.3. The Balaban J connectivity index is 3.14. The van der Waals surface area contributed by atoms with Gasteiger partial charge in [0, 0.05) is 39.5 Å². The zero-order chi connectivity index (χ0) is 33.5. The first-order chi connectivity index (χ1) is 20.5. The first-order valence-electron chi connectivity index (χ1n) is 15.4. The van der Waals surface area contributed by atoms with Gasteiger partial charge in [-0.3, -0.25) is 14.4 Å². The van der Waals surface area contributed by atoms with Crippen molar-refractivity contribution >= 4 is 17.8 Å². The lowest BCUT2D eigenvalue weighted by molar-refractivity contribution is -0.166. The number of aliphatic hydroxyl groups excluding tert-OH is 1. The summed E-state index contributed by atoms with van der Waals surface area (Å²) in [5.74, 6) is -0.923. The van der Waals surface area contributed by atoms with Gasteiger partial charge >= 0.3 is 11.9 Å². The van der Waals surface area contributed by atoms with Gasteiger partial charge in [0.25, 0.3) is 0 Å². The number of methoxy groups -OCH3 is 3. The van der Waals surface area contributed by atoms with Gasteiger partial charge in [-0.2, -0.15) is 0 Å². The number of carbonyl (C=O) groups is 3. The van der Waals surface area contributed by atoms with Crippen LogP contribution in [0.3, 0.4) is 0 Å². The van der Waals surface area contributed by atoms with E-state index >= 15 is 0 Å². The zero-order valence-corrected chi connectivity index (χ0v) is 28.2. The standard InChI is InChI=1S/C33H56N2O9/c1-22(2)24(18-23-13-14-27(41-8)28(19-23)43-17-11-16-40-7)20-25(30(38)44-32(3,4)5)26(36)21-33(6,34)31(39)35-15-10-12-29(37)42-9/h13-14,19,22,24-26,36H,10-12,15-18,20-21,34H2,1-9H3,(H,35,39)/t24-,25+,26+,33-/m1/s1. The molecule has 0 saturated carbocycles. The average molecular weight is 625 g/mol. The summed E-state index contributed by atoms with van der Waals surface area (Å²) >= 11 is 0. The molecule has 0 aliphatic carbocycles. The summed E-state index contributed by atoms with van der Waals surface area (Å²) in [4.78, 5) is 37.7. The molecule has 11 heteroatoms. The Morgan fingerprint density at radius 1 is 1.00 bits per heavy atom. The Kier molecular flexibility index (Phi) is 16.7. The SMILES string of the molecule is COCCCOc1cc(C[C@H](C[C@H](C(=O)OC(C)(C)C)[C@@H](O)C[C@@](C)(N)C(=O)NCCCC(=O)OC)C(C)C)ccc1OC. The van der Waals surface area contributed by atoms with Gasteiger partial charge in [0.2, 0.25) is 5.91 Å². The van der Waals surface area contributed by atoms with Crippen molar-refractivity contribution in [3.05, 3.63) is 23.8 Å². The van der Waals surface area contributed by atoms with Gasteiger partial charge < -0.3 is 39.8 Å². The summed E-state index contributed by atoms with van der Waals surface area (Å²) in [6, 6.07) is 5.78. The summed E-state index contributed by atoms with van der Waals surface area (Å²) in [6.07, 6.45) is 0.819. The van der Waals surface area contributed by atoms with Crippen LogP contribution >= 0.6 is 0 Å². The van der Waals surface area contributed by atoms with Gasteiger partial charge in [-0.05, 0) is 76.5 Å². The summed E-state index contributed by atoms with van der Waals surface area (Å²) in [6.45, 7) is 12.3. The lowest BCUT2D eigenvalue weighted by atomic mass is 9.78. The van der Waals surface area contributed by atoms with Crippen molar-refractivity contribution in [1.29, 1.82) is 0 Å². The second-order valence-corrected chi connectivity index (χ2v) is 12.9. The van der Waals surface area contributed by atoms with Gasteiger partial charge in [-0.1, -0.05) is 19.9 Å². The Morgan fingerprint density at radius 3 is 2.25 bits per heavy atom. The molecule has 1 aromatic rings. The molecule has 11 nitrogen and oxygen atoms in total. The van der Waals surface area contributed by atoms with Crippen LogP contribution in [0, 0.1) is 17.8 Å². The smallest absolute Gasteiger partial charge is 0.312 e. The van der Waals surface area contributed by atoms with E-state index in [9.17, 15) is 19.5 Å². The van der Waals surface area contributed by atoms with Crippen molar-refractivity contribution < 1.29 is 43.2 Å². The molecule has 0 radical (unpaired) electrons. The Bertz CT molecular complexity index is 1040. The van der Waals surface area contributed by atoms with E-state index in [2.05, 4.69) is 23.9 Å². The molecule has 1 aromatic carbocycles. The highest BCUT2D eigenvalue weighted by atomic mass is 16.6. The van der Waals surface area contributed by atoms with Gasteiger partial charge in [-0.15, -0.1) is 0 Å². The molecule has 1 rings (SSSR count). The van der Waals surface area contributed by atoms with E-state index in [4.69, 9.17) is 24.7 Å². The Labute approximate surface area is 263 Å². The number of nitrogens with one attached hydrogen (secondary N) is 1. The molecule has 0 spiro atoms. The molecule has 4 N–H and O–H groups in total. The maximum atomic E-state index is 13.5. The number of hydrogen-bond donors (Lipinski definition) is 3. The monoisotopic (exact) mass is 624 g/mol. The predicted octanol–water partition coefficient (Wildman–Crippen LogP) is 3.81. The number of carbonyl (C=O) groups excluding carboxylic acids is 3. The second-order valence-electron chi connectivity index (χ2n) is 12.9. The van der Waals surface area contributed by atoms with E-state index in [1.807, 2.05) is 18.2 Å². The molecule has 252 valence electrons. The number of aliphatic hydroxyl groups is 1. The van der Waals surface area contributed by atoms with Crippen LogP contribution in [-0.4, -0.2) is 81.3 Å². The second kappa shape index (κ2) is 18.8. The average Bonchev–Trinajstić information content (AvgIpc) is 2.93. The minimum atomic E-state index is -1.47. The molecule has 0 fully saturated rings. The van der Waals surface area contributed by atoms with Crippen molar-refractivity contribution in [3.63, 3.8) is 0 Å². The van der Waals surface area contributed by atoms with Crippen LogP contribution in [-0.2, 0) is 35.0 Å². The number of nitrogens with two attached hydrogens (primary N) is 1. The highest BCUT2D eigenvalue weighted by Crippen LogP contribution is 2.34. The van der Waals surface area contributed by atoms with E-state index in [0.717, 1.165) is 12.0 Å².